The molecule has 0 amide bonds. The Morgan fingerprint density at radius 1 is 1.41 bits per heavy atom. The Morgan fingerprint density at radius 2 is 2.12 bits per heavy atom. The smallest absolute Gasteiger partial charge is 0.193 e. The lowest BCUT2D eigenvalue weighted by atomic mass is 10.3. The summed E-state index contributed by atoms with van der Waals surface area (Å²) in [5.74, 6) is 0.966. The third-order valence-electron chi connectivity index (χ3n) is 2.30. The number of halogens is 1. The van der Waals surface area contributed by atoms with E-state index in [0.29, 0.717) is 0 Å². The number of rotatable bonds is 7. The van der Waals surface area contributed by atoms with Crippen molar-refractivity contribution >= 4 is 29.9 Å². The van der Waals surface area contributed by atoms with Crippen LogP contribution in [0.2, 0.25) is 0 Å². The van der Waals surface area contributed by atoms with Crippen molar-refractivity contribution in [3.8, 4) is 0 Å². The van der Waals surface area contributed by atoms with Crippen molar-refractivity contribution in [2.45, 2.75) is 26.2 Å². The average Bonchev–Trinajstić information content (AvgIpc) is 2.29. The largest absolute Gasteiger partial charge is 0.356 e. The SMILES string of the molecule is C=CCCCN(C)C(=NC)NCC/C=C/C.I. The Morgan fingerprint density at radius 3 is 2.65 bits per heavy atom. The number of nitrogens with one attached hydrogen (secondary N) is 1. The van der Waals surface area contributed by atoms with Crippen LogP contribution in [0.25, 0.3) is 0 Å². The van der Waals surface area contributed by atoms with Gasteiger partial charge >= 0.3 is 0 Å². The third-order valence-corrected chi connectivity index (χ3v) is 2.30. The minimum Gasteiger partial charge on any atom is -0.356 e. The number of hydrogen-bond donors (Lipinski definition) is 1. The van der Waals surface area contributed by atoms with Crippen molar-refractivity contribution in [3.63, 3.8) is 0 Å². The molecule has 3 nitrogen and oxygen atoms in total. The molecule has 100 valence electrons. The van der Waals surface area contributed by atoms with Crippen LogP contribution >= 0.6 is 24.0 Å². The minimum atomic E-state index is 0. The van der Waals surface area contributed by atoms with Crippen LogP contribution in [0.4, 0.5) is 0 Å². The lowest BCUT2D eigenvalue weighted by Crippen LogP contribution is -2.39. The molecule has 0 unspecified atom stereocenters. The van der Waals surface area contributed by atoms with Crippen molar-refractivity contribution in [1.29, 1.82) is 0 Å². The van der Waals surface area contributed by atoms with Gasteiger partial charge in [-0.05, 0) is 26.2 Å². The second kappa shape index (κ2) is 13.5. The lowest BCUT2D eigenvalue weighted by molar-refractivity contribution is 0.470. The molecule has 0 spiro atoms. The van der Waals surface area contributed by atoms with Crippen LogP contribution in [0.1, 0.15) is 26.2 Å². The van der Waals surface area contributed by atoms with Crippen molar-refractivity contribution in [2.75, 3.05) is 27.2 Å². The fraction of sp³-hybridized carbons (Fsp3) is 0.615. The van der Waals surface area contributed by atoms with E-state index in [1.165, 1.54) is 0 Å². The Balaban J connectivity index is 0. The standard InChI is InChI=1S/C13H25N3.HI/c1-5-7-9-11-15-13(14-3)16(4)12-10-8-6-2;/h5-7H,2,8-12H2,1,3-4H3,(H,14,15);1H/b7-5+;. The molecule has 0 bridgehead atoms. The zero-order valence-corrected chi connectivity index (χ0v) is 13.6. The van der Waals surface area contributed by atoms with Crippen LogP contribution in [0.3, 0.4) is 0 Å². The van der Waals surface area contributed by atoms with Crippen LogP contribution in [0.15, 0.2) is 29.8 Å². The van der Waals surface area contributed by atoms with E-state index in [2.05, 4.69) is 41.0 Å². The molecule has 0 aromatic heterocycles. The Labute approximate surface area is 123 Å². The summed E-state index contributed by atoms with van der Waals surface area (Å²) < 4.78 is 0. The molecule has 0 rings (SSSR count). The highest BCUT2D eigenvalue weighted by atomic mass is 127. The Bertz CT molecular complexity index is 237. The zero-order chi connectivity index (χ0) is 12.2. The highest BCUT2D eigenvalue weighted by molar-refractivity contribution is 14.0. The topological polar surface area (TPSA) is 27.6 Å². The van der Waals surface area contributed by atoms with Gasteiger partial charge in [0.05, 0.1) is 0 Å². The lowest BCUT2D eigenvalue weighted by Gasteiger charge is -2.21. The summed E-state index contributed by atoms with van der Waals surface area (Å²) in [6.45, 7) is 7.70. The second-order valence-electron chi connectivity index (χ2n) is 3.68. The predicted molar refractivity (Wildman–Crippen MR) is 88.3 cm³/mol. The molecule has 17 heavy (non-hydrogen) atoms. The van der Waals surface area contributed by atoms with Gasteiger partial charge in [-0.2, -0.15) is 0 Å². The van der Waals surface area contributed by atoms with Gasteiger partial charge in [0.2, 0.25) is 0 Å². The van der Waals surface area contributed by atoms with Gasteiger partial charge in [0, 0.05) is 27.2 Å². The summed E-state index contributed by atoms with van der Waals surface area (Å²) in [6.07, 6.45) is 9.39. The van der Waals surface area contributed by atoms with E-state index < -0.39 is 0 Å². The summed E-state index contributed by atoms with van der Waals surface area (Å²) >= 11 is 0. The van der Waals surface area contributed by atoms with Crippen molar-refractivity contribution in [3.05, 3.63) is 24.8 Å². The van der Waals surface area contributed by atoms with Crippen molar-refractivity contribution in [1.82, 2.24) is 10.2 Å². The van der Waals surface area contributed by atoms with E-state index >= 15 is 0 Å². The molecule has 0 aliphatic rings. The fourth-order valence-corrected chi connectivity index (χ4v) is 1.40. The van der Waals surface area contributed by atoms with E-state index in [1.54, 1.807) is 0 Å². The summed E-state index contributed by atoms with van der Waals surface area (Å²) in [5, 5.41) is 3.33. The summed E-state index contributed by atoms with van der Waals surface area (Å²) in [4.78, 5) is 6.40. The molecule has 0 radical (unpaired) electrons. The van der Waals surface area contributed by atoms with Crippen LogP contribution < -0.4 is 5.32 Å². The number of allylic oxidation sites excluding steroid dienone is 2. The molecular weight excluding hydrogens is 325 g/mol. The fourth-order valence-electron chi connectivity index (χ4n) is 1.40. The summed E-state index contributed by atoms with van der Waals surface area (Å²) in [6, 6.07) is 0. The summed E-state index contributed by atoms with van der Waals surface area (Å²) in [7, 11) is 3.88. The predicted octanol–water partition coefficient (Wildman–Crippen LogP) is 3.04. The third kappa shape index (κ3) is 10.4. The molecule has 0 saturated heterocycles. The normalized spacial score (nSPS) is 11.1. The number of aliphatic imine (C=N–C) groups is 1. The molecule has 0 aliphatic carbocycles. The molecule has 1 N–H and O–H groups in total. The van der Waals surface area contributed by atoms with E-state index in [4.69, 9.17) is 0 Å². The quantitative estimate of drug-likeness (QED) is 0.251. The first-order valence-electron chi connectivity index (χ1n) is 5.90. The monoisotopic (exact) mass is 351 g/mol. The van der Waals surface area contributed by atoms with Crippen molar-refractivity contribution in [2.24, 2.45) is 4.99 Å². The zero-order valence-electron chi connectivity index (χ0n) is 11.3. The van der Waals surface area contributed by atoms with Crippen LogP contribution in [-0.4, -0.2) is 38.0 Å². The van der Waals surface area contributed by atoms with Gasteiger partial charge < -0.3 is 10.2 Å². The molecule has 0 fully saturated rings. The maximum absolute atomic E-state index is 4.25. The maximum atomic E-state index is 4.25. The number of guanidine groups is 1. The number of hydrogen-bond acceptors (Lipinski definition) is 1. The molecule has 0 aliphatic heterocycles. The van der Waals surface area contributed by atoms with Crippen LogP contribution in [0, 0.1) is 0 Å². The van der Waals surface area contributed by atoms with Gasteiger partial charge in [0.1, 0.15) is 0 Å². The van der Waals surface area contributed by atoms with Gasteiger partial charge in [-0.25, -0.2) is 0 Å². The first kappa shape index (κ1) is 18.8. The molecule has 0 saturated carbocycles. The first-order valence-corrected chi connectivity index (χ1v) is 5.90. The highest BCUT2D eigenvalue weighted by Crippen LogP contribution is 1.94. The van der Waals surface area contributed by atoms with E-state index in [-0.39, 0.29) is 24.0 Å². The minimum absolute atomic E-state index is 0. The van der Waals surface area contributed by atoms with E-state index in [1.807, 2.05) is 20.0 Å². The molecular formula is C13H26IN3. The van der Waals surface area contributed by atoms with E-state index in [0.717, 1.165) is 38.3 Å². The average molecular weight is 351 g/mol. The molecule has 0 aromatic rings. The highest BCUT2D eigenvalue weighted by Gasteiger charge is 2.03. The molecule has 0 aromatic carbocycles. The second-order valence-corrected chi connectivity index (χ2v) is 3.68. The number of unbranched alkanes of at least 4 members (excludes halogenated alkanes) is 1. The van der Waals surface area contributed by atoms with E-state index in [9.17, 15) is 0 Å². The number of nitrogens with zero attached hydrogens (tertiary/aromatic N) is 2. The molecule has 0 atom stereocenters. The molecule has 0 heterocycles. The maximum Gasteiger partial charge on any atom is 0.193 e. The van der Waals surface area contributed by atoms with Gasteiger partial charge in [0.15, 0.2) is 5.96 Å². The molecule has 4 heteroatoms. The van der Waals surface area contributed by atoms with Crippen LogP contribution in [0.5, 0.6) is 0 Å². The van der Waals surface area contributed by atoms with Gasteiger partial charge in [-0.15, -0.1) is 30.6 Å². The van der Waals surface area contributed by atoms with Crippen LogP contribution in [-0.2, 0) is 0 Å². The van der Waals surface area contributed by atoms with Crippen molar-refractivity contribution < 1.29 is 0 Å². The summed E-state index contributed by atoms with van der Waals surface area (Å²) in [5.41, 5.74) is 0. The van der Waals surface area contributed by atoms with Gasteiger partial charge in [-0.3, -0.25) is 4.99 Å². The Hall–Kier alpha value is -0.520. The first-order chi connectivity index (χ1) is 7.76. The van der Waals surface area contributed by atoms with Gasteiger partial charge in [0.25, 0.3) is 0 Å². The Kier molecular flexibility index (Phi) is 15.0. The van der Waals surface area contributed by atoms with Gasteiger partial charge in [-0.1, -0.05) is 18.2 Å².